The van der Waals surface area contributed by atoms with Gasteiger partial charge in [0.2, 0.25) is 5.91 Å². The van der Waals surface area contributed by atoms with Crippen LogP contribution in [0.25, 0.3) is 11.3 Å². The van der Waals surface area contributed by atoms with Gasteiger partial charge in [-0.3, -0.25) is 14.6 Å². The number of nitrogens with one attached hydrogen (secondary N) is 1. The molecular weight excluding hydrogens is 332 g/mol. The lowest BCUT2D eigenvalue weighted by atomic mass is 9.95. The van der Waals surface area contributed by atoms with Crippen molar-refractivity contribution in [2.75, 3.05) is 26.3 Å². The molecule has 0 radical (unpaired) electrons. The largest absolute Gasteiger partial charge is 0.381 e. The van der Waals surface area contributed by atoms with Crippen molar-refractivity contribution in [2.24, 2.45) is 5.92 Å². The summed E-state index contributed by atoms with van der Waals surface area (Å²) in [5, 5.41) is 0. The first-order valence-electron chi connectivity index (χ1n) is 9.09. The van der Waals surface area contributed by atoms with E-state index in [9.17, 15) is 9.59 Å². The molecule has 0 bridgehead atoms. The van der Waals surface area contributed by atoms with E-state index in [0.717, 1.165) is 31.4 Å². The molecular formula is C19H22N4O3. The summed E-state index contributed by atoms with van der Waals surface area (Å²) >= 11 is 0. The zero-order valence-corrected chi connectivity index (χ0v) is 14.6. The van der Waals surface area contributed by atoms with Gasteiger partial charge in [0, 0.05) is 49.6 Å². The summed E-state index contributed by atoms with van der Waals surface area (Å²) in [6.07, 6.45) is 5.98. The first-order valence-corrected chi connectivity index (χ1v) is 9.09. The van der Waals surface area contributed by atoms with Crippen LogP contribution in [-0.2, 0) is 9.53 Å². The molecule has 2 aromatic rings. The topological polar surface area (TPSA) is 88.2 Å². The Morgan fingerprint density at radius 2 is 2.12 bits per heavy atom. The van der Waals surface area contributed by atoms with Crippen LogP contribution in [-0.4, -0.2) is 52.1 Å². The molecule has 0 unspecified atom stereocenters. The number of hydrogen-bond acceptors (Lipinski definition) is 5. The van der Waals surface area contributed by atoms with Crippen molar-refractivity contribution < 1.29 is 9.53 Å². The van der Waals surface area contributed by atoms with Gasteiger partial charge in [0.1, 0.15) is 5.82 Å². The highest BCUT2D eigenvalue weighted by Crippen LogP contribution is 2.27. The number of likely N-dealkylation sites (tertiary alicyclic amines) is 1. The fourth-order valence-corrected chi connectivity index (χ4v) is 3.73. The van der Waals surface area contributed by atoms with E-state index in [1.165, 1.54) is 6.07 Å². The van der Waals surface area contributed by atoms with Crippen LogP contribution < -0.4 is 5.56 Å². The summed E-state index contributed by atoms with van der Waals surface area (Å²) in [4.78, 5) is 38.3. The lowest BCUT2D eigenvalue weighted by molar-refractivity contribution is -0.136. The molecule has 4 heterocycles. The number of rotatable bonds is 3. The summed E-state index contributed by atoms with van der Waals surface area (Å²) in [6.45, 7) is 2.54. The third-order valence-electron chi connectivity index (χ3n) is 5.13. The fraction of sp³-hybridized carbons (Fsp3) is 0.474. The average molecular weight is 354 g/mol. The Bertz CT molecular complexity index is 830. The maximum atomic E-state index is 12.7. The van der Waals surface area contributed by atoms with E-state index >= 15 is 0 Å². The van der Waals surface area contributed by atoms with Crippen LogP contribution in [0, 0.1) is 5.92 Å². The minimum absolute atomic E-state index is 0.0242. The van der Waals surface area contributed by atoms with Gasteiger partial charge in [0.05, 0.1) is 18.2 Å². The zero-order chi connectivity index (χ0) is 17.9. The van der Waals surface area contributed by atoms with E-state index in [0.29, 0.717) is 31.3 Å². The molecule has 0 saturated carbocycles. The Morgan fingerprint density at radius 3 is 2.88 bits per heavy atom. The van der Waals surface area contributed by atoms with Crippen molar-refractivity contribution in [1.82, 2.24) is 19.9 Å². The molecule has 1 N–H and O–H groups in total. The maximum absolute atomic E-state index is 12.7. The molecule has 2 aromatic heterocycles. The molecule has 2 aliphatic heterocycles. The van der Waals surface area contributed by atoms with Gasteiger partial charge in [-0.2, -0.15) is 0 Å². The molecule has 26 heavy (non-hydrogen) atoms. The Labute approximate surface area is 151 Å². The van der Waals surface area contributed by atoms with Crippen molar-refractivity contribution in [3.8, 4) is 11.3 Å². The molecule has 7 heteroatoms. The number of H-pyrrole nitrogens is 1. The number of hydrogen-bond donors (Lipinski definition) is 1. The lowest BCUT2D eigenvalue weighted by Gasteiger charge is -2.33. The van der Waals surface area contributed by atoms with Crippen molar-refractivity contribution in [3.05, 3.63) is 46.8 Å². The zero-order valence-electron chi connectivity index (χ0n) is 14.6. The van der Waals surface area contributed by atoms with Gasteiger partial charge in [-0.15, -0.1) is 0 Å². The van der Waals surface area contributed by atoms with Gasteiger partial charge < -0.3 is 14.6 Å². The summed E-state index contributed by atoms with van der Waals surface area (Å²) in [6, 6.07) is 5.17. The van der Waals surface area contributed by atoms with Gasteiger partial charge in [0.25, 0.3) is 5.56 Å². The first kappa shape index (κ1) is 16.9. The molecule has 2 atom stereocenters. The predicted molar refractivity (Wildman–Crippen MR) is 95.6 cm³/mol. The van der Waals surface area contributed by atoms with Crippen molar-refractivity contribution in [1.29, 1.82) is 0 Å². The standard InChI is InChI=1S/C19H22N4O3/c24-17-10-16(13-3-6-20-7-4-13)21-18(22-17)14-2-1-8-23(11-14)19(25)15-5-9-26-12-15/h3-4,6-7,10,14-15H,1-2,5,8-9,11-12H2,(H,21,22,24)/t14-,15+/m0/s1. The van der Waals surface area contributed by atoms with E-state index in [1.807, 2.05) is 17.0 Å². The molecule has 136 valence electrons. The van der Waals surface area contributed by atoms with Gasteiger partial charge >= 0.3 is 0 Å². The SMILES string of the molecule is O=C([C@@H]1CCOC1)N1CCC[C@H](c2nc(-c3ccncc3)cc(=O)[nH]2)C1. The highest BCUT2D eigenvalue weighted by molar-refractivity contribution is 5.79. The molecule has 2 saturated heterocycles. The molecule has 1 amide bonds. The number of nitrogens with zero attached hydrogens (tertiary/aromatic N) is 3. The van der Waals surface area contributed by atoms with Crippen LogP contribution in [0.15, 0.2) is 35.4 Å². The van der Waals surface area contributed by atoms with Crippen molar-refractivity contribution in [2.45, 2.75) is 25.2 Å². The lowest BCUT2D eigenvalue weighted by Crippen LogP contribution is -2.43. The highest BCUT2D eigenvalue weighted by atomic mass is 16.5. The van der Waals surface area contributed by atoms with E-state index < -0.39 is 0 Å². The van der Waals surface area contributed by atoms with Crippen LogP contribution in [0.5, 0.6) is 0 Å². The second-order valence-corrected chi connectivity index (χ2v) is 6.94. The summed E-state index contributed by atoms with van der Waals surface area (Å²) < 4.78 is 5.35. The van der Waals surface area contributed by atoms with Gasteiger partial charge in [-0.05, 0) is 31.4 Å². The molecule has 4 rings (SSSR count). The van der Waals surface area contributed by atoms with E-state index in [-0.39, 0.29) is 23.3 Å². The first-order chi connectivity index (χ1) is 12.7. The minimum Gasteiger partial charge on any atom is -0.381 e. The van der Waals surface area contributed by atoms with Crippen LogP contribution in [0.1, 0.15) is 31.0 Å². The number of pyridine rings is 1. The number of aromatic amines is 1. The van der Waals surface area contributed by atoms with Gasteiger partial charge in [-0.25, -0.2) is 4.98 Å². The van der Waals surface area contributed by atoms with E-state index in [1.54, 1.807) is 12.4 Å². The molecule has 0 aliphatic carbocycles. The third-order valence-corrected chi connectivity index (χ3v) is 5.13. The van der Waals surface area contributed by atoms with Gasteiger partial charge in [0.15, 0.2) is 0 Å². The number of carbonyl (C=O) groups excluding carboxylic acids is 1. The number of aromatic nitrogens is 3. The quantitative estimate of drug-likeness (QED) is 0.904. The molecule has 2 aliphatic rings. The number of ether oxygens (including phenoxy) is 1. The average Bonchev–Trinajstić information content (AvgIpc) is 3.22. The maximum Gasteiger partial charge on any atom is 0.251 e. The second-order valence-electron chi connectivity index (χ2n) is 6.94. The fourth-order valence-electron chi connectivity index (χ4n) is 3.73. The smallest absolute Gasteiger partial charge is 0.251 e. The van der Waals surface area contributed by atoms with Crippen LogP contribution in [0.2, 0.25) is 0 Å². The van der Waals surface area contributed by atoms with Crippen molar-refractivity contribution in [3.63, 3.8) is 0 Å². The minimum atomic E-state index is -0.172. The Kier molecular flexibility index (Phi) is 4.79. The van der Waals surface area contributed by atoms with Gasteiger partial charge in [-0.1, -0.05) is 0 Å². The number of amides is 1. The summed E-state index contributed by atoms with van der Waals surface area (Å²) in [7, 11) is 0. The monoisotopic (exact) mass is 354 g/mol. The highest BCUT2D eigenvalue weighted by Gasteiger charge is 2.32. The third kappa shape index (κ3) is 3.53. The van der Waals surface area contributed by atoms with Crippen LogP contribution in [0.4, 0.5) is 0 Å². The Balaban J connectivity index is 1.56. The van der Waals surface area contributed by atoms with Crippen LogP contribution >= 0.6 is 0 Å². The summed E-state index contributed by atoms with van der Waals surface area (Å²) in [5.41, 5.74) is 1.33. The molecule has 0 aromatic carbocycles. The van der Waals surface area contributed by atoms with E-state index in [2.05, 4.69) is 15.0 Å². The predicted octanol–water partition coefficient (Wildman–Crippen LogP) is 1.57. The summed E-state index contributed by atoms with van der Waals surface area (Å²) in [5.74, 6) is 0.845. The second kappa shape index (κ2) is 7.37. The molecule has 0 spiro atoms. The number of carbonyl (C=O) groups is 1. The van der Waals surface area contributed by atoms with E-state index in [4.69, 9.17) is 4.74 Å². The normalized spacial score (nSPS) is 23.2. The molecule has 7 nitrogen and oxygen atoms in total. The van der Waals surface area contributed by atoms with Crippen molar-refractivity contribution >= 4 is 5.91 Å². The Morgan fingerprint density at radius 1 is 1.27 bits per heavy atom. The Hall–Kier alpha value is -2.54. The van der Waals surface area contributed by atoms with Crippen LogP contribution in [0.3, 0.4) is 0 Å². The molecule has 2 fully saturated rings. The number of piperidine rings is 1.